The van der Waals surface area contributed by atoms with E-state index in [1.807, 2.05) is 30.3 Å². The van der Waals surface area contributed by atoms with E-state index in [0.717, 1.165) is 5.69 Å². The van der Waals surface area contributed by atoms with Crippen molar-refractivity contribution in [2.45, 2.75) is 6.42 Å². The summed E-state index contributed by atoms with van der Waals surface area (Å²) in [5.41, 5.74) is 0.951. The Kier molecular flexibility index (Phi) is 4.77. The first-order valence-electron chi connectivity index (χ1n) is 6.69. The highest BCUT2D eigenvalue weighted by Gasteiger charge is 2.22. The first-order chi connectivity index (χ1) is 10.5. The van der Waals surface area contributed by atoms with Crippen molar-refractivity contribution >= 4 is 11.9 Å². The van der Waals surface area contributed by atoms with Gasteiger partial charge in [-0.1, -0.05) is 18.2 Å². The summed E-state index contributed by atoms with van der Waals surface area (Å²) in [5.74, 6) is -0.995. The number of carbonyl (C=O) groups is 2. The number of hydrogen-bond donors (Lipinski definition) is 1. The van der Waals surface area contributed by atoms with Crippen LogP contribution in [-0.4, -0.2) is 52.4 Å². The van der Waals surface area contributed by atoms with Gasteiger partial charge in [0.25, 0.3) is 5.91 Å². The van der Waals surface area contributed by atoms with Crippen molar-refractivity contribution < 1.29 is 19.4 Å². The number of carbonyl (C=O) groups excluding carboxylic acids is 1. The number of ether oxygens (including phenoxy) is 1. The number of para-hydroxylation sites is 1. The van der Waals surface area contributed by atoms with Crippen LogP contribution >= 0.6 is 0 Å². The molecule has 0 saturated heterocycles. The maximum absolute atomic E-state index is 12.4. The van der Waals surface area contributed by atoms with Gasteiger partial charge in [-0.25, -0.2) is 4.68 Å². The number of benzene rings is 1. The largest absolute Gasteiger partial charge is 0.493 e. The Balaban J connectivity index is 2.25. The van der Waals surface area contributed by atoms with Crippen LogP contribution in [0.1, 0.15) is 16.9 Å². The van der Waals surface area contributed by atoms with Crippen LogP contribution in [0.5, 0.6) is 5.75 Å². The Bertz CT molecular complexity index is 667. The van der Waals surface area contributed by atoms with Crippen molar-refractivity contribution in [2.75, 3.05) is 20.7 Å². The molecule has 1 aromatic carbocycles. The molecule has 0 bridgehead atoms. The SMILES string of the molecule is COc1cn(-c2ccccc2)nc1C(=O)N(C)CCC(=O)O. The van der Waals surface area contributed by atoms with Crippen molar-refractivity contribution in [3.63, 3.8) is 0 Å². The van der Waals surface area contributed by atoms with Gasteiger partial charge in [0.15, 0.2) is 11.4 Å². The molecule has 0 spiro atoms. The lowest BCUT2D eigenvalue weighted by molar-refractivity contribution is -0.137. The number of hydrogen-bond acceptors (Lipinski definition) is 4. The van der Waals surface area contributed by atoms with E-state index in [-0.39, 0.29) is 24.6 Å². The fourth-order valence-electron chi connectivity index (χ4n) is 1.91. The summed E-state index contributed by atoms with van der Waals surface area (Å²) in [7, 11) is 2.99. The molecule has 2 aromatic rings. The molecule has 0 saturated carbocycles. The molecule has 0 aliphatic carbocycles. The third kappa shape index (κ3) is 3.43. The van der Waals surface area contributed by atoms with Gasteiger partial charge in [0.1, 0.15) is 0 Å². The van der Waals surface area contributed by atoms with E-state index in [0.29, 0.717) is 5.75 Å². The number of carboxylic acid groups (broad SMARTS) is 1. The third-order valence-corrected chi connectivity index (χ3v) is 3.13. The third-order valence-electron chi connectivity index (χ3n) is 3.13. The van der Waals surface area contributed by atoms with Crippen LogP contribution in [0, 0.1) is 0 Å². The smallest absolute Gasteiger partial charge is 0.305 e. The molecule has 0 fully saturated rings. The Morgan fingerprint density at radius 3 is 2.59 bits per heavy atom. The molecular weight excluding hydrogens is 286 g/mol. The molecule has 0 unspecified atom stereocenters. The average Bonchev–Trinajstić information content (AvgIpc) is 2.97. The predicted octanol–water partition coefficient (Wildman–Crippen LogP) is 1.43. The molecule has 0 aliphatic rings. The summed E-state index contributed by atoms with van der Waals surface area (Å²) >= 11 is 0. The summed E-state index contributed by atoms with van der Waals surface area (Å²) < 4.78 is 6.75. The molecule has 1 heterocycles. The fraction of sp³-hybridized carbons (Fsp3) is 0.267. The number of amides is 1. The van der Waals surface area contributed by atoms with Crippen molar-refractivity contribution in [3.05, 3.63) is 42.2 Å². The standard InChI is InChI=1S/C15H17N3O4/c1-17(9-8-13(19)20)15(21)14-12(22-2)10-18(16-14)11-6-4-3-5-7-11/h3-7,10H,8-9H2,1-2H3,(H,19,20). The van der Waals surface area contributed by atoms with Crippen molar-refractivity contribution in [3.8, 4) is 11.4 Å². The van der Waals surface area contributed by atoms with E-state index in [1.54, 1.807) is 10.9 Å². The molecule has 2 rings (SSSR count). The van der Waals surface area contributed by atoms with E-state index in [1.165, 1.54) is 19.1 Å². The van der Waals surface area contributed by atoms with Gasteiger partial charge >= 0.3 is 5.97 Å². The second-order valence-corrected chi connectivity index (χ2v) is 4.70. The first-order valence-corrected chi connectivity index (χ1v) is 6.69. The lowest BCUT2D eigenvalue weighted by Crippen LogP contribution is -2.29. The van der Waals surface area contributed by atoms with Crippen molar-refractivity contribution in [2.24, 2.45) is 0 Å². The molecule has 0 aliphatic heterocycles. The van der Waals surface area contributed by atoms with Crippen LogP contribution in [0.3, 0.4) is 0 Å². The molecule has 0 radical (unpaired) electrons. The van der Waals surface area contributed by atoms with Crippen molar-refractivity contribution in [1.82, 2.24) is 14.7 Å². The number of aliphatic carboxylic acids is 1. The predicted molar refractivity (Wildman–Crippen MR) is 79.3 cm³/mol. The second-order valence-electron chi connectivity index (χ2n) is 4.70. The van der Waals surface area contributed by atoms with Crippen molar-refractivity contribution in [1.29, 1.82) is 0 Å². The topological polar surface area (TPSA) is 84.7 Å². The van der Waals surface area contributed by atoms with Gasteiger partial charge in [0, 0.05) is 13.6 Å². The highest BCUT2D eigenvalue weighted by molar-refractivity contribution is 5.95. The van der Waals surface area contributed by atoms with Crippen LogP contribution in [0.25, 0.3) is 5.69 Å². The van der Waals surface area contributed by atoms with Crippen LogP contribution in [0.15, 0.2) is 36.5 Å². The number of rotatable bonds is 6. The minimum Gasteiger partial charge on any atom is -0.493 e. The Morgan fingerprint density at radius 2 is 2.00 bits per heavy atom. The maximum Gasteiger partial charge on any atom is 0.305 e. The van der Waals surface area contributed by atoms with E-state index in [2.05, 4.69) is 5.10 Å². The highest BCUT2D eigenvalue weighted by atomic mass is 16.5. The molecular formula is C15H17N3O4. The molecule has 1 amide bonds. The number of aromatic nitrogens is 2. The Morgan fingerprint density at radius 1 is 1.32 bits per heavy atom. The van der Waals surface area contributed by atoms with Gasteiger partial charge in [-0.2, -0.15) is 5.10 Å². The molecule has 1 N–H and O–H groups in total. The molecule has 1 aromatic heterocycles. The molecule has 7 heteroatoms. The van der Waals surface area contributed by atoms with E-state index in [9.17, 15) is 9.59 Å². The monoisotopic (exact) mass is 303 g/mol. The first kappa shape index (κ1) is 15.6. The number of nitrogens with zero attached hydrogens (tertiary/aromatic N) is 3. The van der Waals surface area contributed by atoms with Gasteiger partial charge in [0.2, 0.25) is 0 Å². The van der Waals surface area contributed by atoms with Crippen LogP contribution in [0.2, 0.25) is 0 Å². The van der Waals surface area contributed by atoms with Crippen LogP contribution in [0.4, 0.5) is 0 Å². The minimum absolute atomic E-state index is 0.107. The molecule has 0 atom stereocenters. The summed E-state index contributed by atoms with van der Waals surface area (Å²) in [6.07, 6.45) is 1.50. The van der Waals surface area contributed by atoms with Gasteiger partial charge in [-0.3, -0.25) is 9.59 Å². The maximum atomic E-state index is 12.4. The summed E-state index contributed by atoms with van der Waals surface area (Å²) in [4.78, 5) is 24.3. The number of carboxylic acids is 1. The fourth-order valence-corrected chi connectivity index (χ4v) is 1.91. The Hall–Kier alpha value is -2.83. The van der Waals surface area contributed by atoms with Gasteiger partial charge in [-0.15, -0.1) is 0 Å². The zero-order chi connectivity index (χ0) is 16.1. The lowest BCUT2D eigenvalue weighted by atomic mass is 10.3. The quantitative estimate of drug-likeness (QED) is 0.872. The van der Waals surface area contributed by atoms with Crippen LogP contribution < -0.4 is 4.74 Å². The zero-order valence-electron chi connectivity index (χ0n) is 12.4. The van der Waals surface area contributed by atoms with Gasteiger partial charge < -0.3 is 14.7 Å². The zero-order valence-corrected chi connectivity index (χ0v) is 12.4. The van der Waals surface area contributed by atoms with Gasteiger partial charge in [0.05, 0.1) is 25.4 Å². The minimum atomic E-state index is -0.957. The number of methoxy groups -OCH3 is 1. The summed E-state index contributed by atoms with van der Waals surface area (Å²) in [6, 6.07) is 9.33. The van der Waals surface area contributed by atoms with E-state index >= 15 is 0 Å². The molecule has 7 nitrogen and oxygen atoms in total. The average molecular weight is 303 g/mol. The summed E-state index contributed by atoms with van der Waals surface area (Å²) in [6.45, 7) is 0.107. The normalized spacial score (nSPS) is 10.3. The molecule has 22 heavy (non-hydrogen) atoms. The van der Waals surface area contributed by atoms with Crippen LogP contribution in [-0.2, 0) is 4.79 Å². The van der Waals surface area contributed by atoms with E-state index in [4.69, 9.17) is 9.84 Å². The lowest BCUT2D eigenvalue weighted by Gasteiger charge is -2.14. The summed E-state index contributed by atoms with van der Waals surface area (Å²) in [5, 5.41) is 12.9. The Labute approximate surface area is 127 Å². The van der Waals surface area contributed by atoms with E-state index < -0.39 is 5.97 Å². The molecule has 116 valence electrons. The van der Waals surface area contributed by atoms with Gasteiger partial charge in [-0.05, 0) is 12.1 Å². The second kappa shape index (κ2) is 6.75. The highest BCUT2D eigenvalue weighted by Crippen LogP contribution is 2.20.